The van der Waals surface area contributed by atoms with E-state index >= 15 is 0 Å². The molecule has 0 aliphatic heterocycles. The molecule has 0 aliphatic carbocycles. The number of hydrogen-bond acceptors (Lipinski definition) is 4. The monoisotopic (exact) mass is 402 g/mol. The highest BCUT2D eigenvalue weighted by Crippen LogP contribution is 2.25. The summed E-state index contributed by atoms with van der Waals surface area (Å²) in [6.07, 6.45) is 3.38. The molecule has 5 nitrogen and oxygen atoms in total. The van der Waals surface area contributed by atoms with E-state index in [-0.39, 0.29) is 5.91 Å². The van der Waals surface area contributed by atoms with Crippen LogP contribution in [0.2, 0.25) is 0 Å². The number of benzene rings is 2. The van der Waals surface area contributed by atoms with Gasteiger partial charge in [0.05, 0.1) is 5.52 Å². The lowest BCUT2D eigenvalue weighted by atomic mass is 10.1. The van der Waals surface area contributed by atoms with Gasteiger partial charge < -0.3 is 15.1 Å². The highest BCUT2D eigenvalue weighted by atomic mass is 16.1. The minimum atomic E-state index is -0.152. The molecule has 3 aromatic rings. The van der Waals surface area contributed by atoms with Crippen molar-refractivity contribution in [1.82, 2.24) is 9.88 Å². The second-order valence-corrected chi connectivity index (χ2v) is 7.99. The number of nitrogens with one attached hydrogen (secondary N) is 1. The van der Waals surface area contributed by atoms with Crippen LogP contribution in [0.4, 0.5) is 11.5 Å². The molecule has 0 bridgehead atoms. The van der Waals surface area contributed by atoms with Crippen molar-refractivity contribution in [1.29, 1.82) is 0 Å². The van der Waals surface area contributed by atoms with Gasteiger partial charge in [0.1, 0.15) is 5.82 Å². The van der Waals surface area contributed by atoms with Crippen molar-refractivity contribution in [3.8, 4) is 0 Å². The fraction of sp³-hybridized carbons (Fsp3) is 0.280. The first-order valence-corrected chi connectivity index (χ1v) is 10.1. The second kappa shape index (κ2) is 9.55. The summed E-state index contributed by atoms with van der Waals surface area (Å²) in [5, 5.41) is 3.99. The lowest BCUT2D eigenvalue weighted by Gasteiger charge is -2.21. The Labute approximate surface area is 179 Å². The van der Waals surface area contributed by atoms with Crippen LogP contribution < -0.4 is 10.2 Å². The molecular weight excluding hydrogens is 372 g/mol. The van der Waals surface area contributed by atoms with Crippen molar-refractivity contribution >= 4 is 34.4 Å². The Hall–Kier alpha value is -3.18. The first kappa shape index (κ1) is 21.5. The van der Waals surface area contributed by atoms with E-state index in [2.05, 4.69) is 49.2 Å². The van der Waals surface area contributed by atoms with E-state index in [1.54, 1.807) is 6.08 Å². The van der Waals surface area contributed by atoms with Gasteiger partial charge in [-0.2, -0.15) is 0 Å². The maximum atomic E-state index is 12.3. The van der Waals surface area contributed by atoms with E-state index in [0.29, 0.717) is 0 Å². The van der Waals surface area contributed by atoms with Gasteiger partial charge in [0.15, 0.2) is 0 Å². The summed E-state index contributed by atoms with van der Waals surface area (Å²) >= 11 is 0. The zero-order valence-electron chi connectivity index (χ0n) is 18.4. The number of likely N-dealkylation sites (N-methyl/N-ethyl adjacent to an activating group) is 2. The number of aromatic nitrogens is 1. The Bertz CT molecular complexity index is 1050. The summed E-state index contributed by atoms with van der Waals surface area (Å²) in [7, 11) is 6.20. The third-order valence-electron chi connectivity index (χ3n) is 5.05. The number of hydrogen-bond donors (Lipinski definition) is 1. The van der Waals surface area contributed by atoms with Crippen molar-refractivity contribution < 1.29 is 4.79 Å². The number of nitrogens with zero attached hydrogens (tertiary/aromatic N) is 3. The smallest absolute Gasteiger partial charge is 0.248 e. The zero-order chi connectivity index (χ0) is 21.7. The molecule has 0 radical (unpaired) electrons. The topological polar surface area (TPSA) is 48.5 Å². The largest absolute Gasteiger partial charge is 0.358 e. The van der Waals surface area contributed by atoms with Gasteiger partial charge in [0.2, 0.25) is 5.91 Å². The van der Waals surface area contributed by atoms with Gasteiger partial charge in [-0.3, -0.25) is 4.79 Å². The van der Waals surface area contributed by atoms with E-state index in [0.717, 1.165) is 46.6 Å². The van der Waals surface area contributed by atoms with Crippen molar-refractivity contribution in [2.24, 2.45) is 0 Å². The molecule has 1 amide bonds. The van der Waals surface area contributed by atoms with Crippen LogP contribution in [0.3, 0.4) is 0 Å². The quantitative estimate of drug-likeness (QED) is 0.591. The third kappa shape index (κ3) is 5.67. The molecule has 2 aromatic carbocycles. The number of rotatable bonds is 7. The van der Waals surface area contributed by atoms with Gasteiger partial charge in [-0.25, -0.2) is 4.98 Å². The van der Waals surface area contributed by atoms with Crippen LogP contribution in [0, 0.1) is 13.8 Å². The number of aryl methyl sites for hydroxylation is 2. The predicted molar refractivity (Wildman–Crippen MR) is 127 cm³/mol. The Kier molecular flexibility index (Phi) is 6.85. The normalized spacial score (nSPS) is 11.4. The maximum absolute atomic E-state index is 12.3. The average Bonchev–Trinajstić information content (AvgIpc) is 2.72. The molecule has 3 rings (SSSR count). The number of carbonyl (C=O) groups excluding carboxylic acids is 1. The highest BCUT2D eigenvalue weighted by molar-refractivity contribution is 6.03. The predicted octanol–water partition coefficient (Wildman–Crippen LogP) is 4.50. The molecular formula is C25H30N4O. The highest BCUT2D eigenvalue weighted by Gasteiger charge is 2.09. The van der Waals surface area contributed by atoms with Gasteiger partial charge in [-0.05, 0) is 69.4 Å². The SMILES string of the molecule is Cc1ccc(C=CC(=O)Nc2ccc3nc(N(C)CCN(C)C)cc(C)c3c2)cc1. The Morgan fingerprint density at radius 2 is 1.73 bits per heavy atom. The molecule has 1 aromatic heterocycles. The summed E-state index contributed by atoms with van der Waals surface area (Å²) < 4.78 is 0. The molecule has 30 heavy (non-hydrogen) atoms. The molecule has 0 spiro atoms. The fourth-order valence-corrected chi connectivity index (χ4v) is 3.15. The minimum absolute atomic E-state index is 0.152. The lowest BCUT2D eigenvalue weighted by molar-refractivity contribution is -0.111. The van der Waals surface area contributed by atoms with Crippen LogP contribution in [-0.2, 0) is 4.79 Å². The summed E-state index contributed by atoms with van der Waals surface area (Å²) in [4.78, 5) is 21.4. The van der Waals surface area contributed by atoms with Gasteiger partial charge in [0, 0.05) is 37.3 Å². The van der Waals surface area contributed by atoms with Gasteiger partial charge in [-0.15, -0.1) is 0 Å². The average molecular weight is 403 g/mol. The van der Waals surface area contributed by atoms with Gasteiger partial charge in [-0.1, -0.05) is 29.8 Å². The van der Waals surface area contributed by atoms with Gasteiger partial charge in [0.25, 0.3) is 0 Å². The Morgan fingerprint density at radius 1 is 1.00 bits per heavy atom. The van der Waals surface area contributed by atoms with Crippen molar-refractivity contribution in [3.63, 3.8) is 0 Å². The molecule has 0 unspecified atom stereocenters. The first-order chi connectivity index (χ1) is 14.3. The van der Waals surface area contributed by atoms with Crippen molar-refractivity contribution in [3.05, 3.63) is 71.3 Å². The standard InChI is InChI=1S/C25H30N4O/c1-18-6-8-20(9-7-18)10-13-25(30)26-21-11-12-23-22(17-21)19(2)16-24(27-23)29(5)15-14-28(3)4/h6-13,16-17H,14-15H2,1-5H3,(H,26,30). The van der Waals surface area contributed by atoms with Crippen LogP contribution in [-0.4, -0.2) is 50.0 Å². The van der Waals surface area contributed by atoms with Gasteiger partial charge >= 0.3 is 0 Å². The van der Waals surface area contributed by atoms with Crippen LogP contribution in [0.5, 0.6) is 0 Å². The lowest BCUT2D eigenvalue weighted by Crippen LogP contribution is -2.29. The molecule has 1 heterocycles. The minimum Gasteiger partial charge on any atom is -0.358 e. The number of carbonyl (C=O) groups is 1. The molecule has 0 saturated carbocycles. The Morgan fingerprint density at radius 3 is 2.43 bits per heavy atom. The maximum Gasteiger partial charge on any atom is 0.248 e. The summed E-state index contributed by atoms with van der Waals surface area (Å²) in [6.45, 7) is 6.00. The summed E-state index contributed by atoms with van der Waals surface area (Å²) in [5.41, 5.74) is 5.02. The third-order valence-corrected chi connectivity index (χ3v) is 5.05. The first-order valence-electron chi connectivity index (χ1n) is 10.1. The zero-order valence-corrected chi connectivity index (χ0v) is 18.4. The molecule has 0 saturated heterocycles. The van der Waals surface area contributed by atoms with Crippen molar-refractivity contribution in [2.45, 2.75) is 13.8 Å². The van der Waals surface area contributed by atoms with E-state index in [4.69, 9.17) is 4.98 Å². The molecule has 0 atom stereocenters. The van der Waals surface area contributed by atoms with Crippen molar-refractivity contribution in [2.75, 3.05) is 44.4 Å². The number of fused-ring (bicyclic) bond motifs is 1. The van der Waals surface area contributed by atoms with E-state index in [1.165, 1.54) is 5.56 Å². The van der Waals surface area contributed by atoms with Crippen LogP contribution in [0.1, 0.15) is 16.7 Å². The van der Waals surface area contributed by atoms with Crippen LogP contribution in [0.15, 0.2) is 54.6 Å². The molecule has 1 N–H and O–H groups in total. The summed E-state index contributed by atoms with van der Waals surface area (Å²) in [5.74, 6) is 0.806. The second-order valence-electron chi connectivity index (χ2n) is 7.99. The van der Waals surface area contributed by atoms with E-state index in [9.17, 15) is 4.79 Å². The number of amides is 1. The van der Waals surface area contributed by atoms with Crippen LogP contribution >= 0.6 is 0 Å². The number of anilines is 2. The van der Waals surface area contributed by atoms with Crippen LogP contribution in [0.25, 0.3) is 17.0 Å². The fourth-order valence-electron chi connectivity index (χ4n) is 3.15. The Balaban J connectivity index is 1.73. The molecule has 0 fully saturated rings. The van der Waals surface area contributed by atoms with E-state index in [1.807, 2.05) is 55.5 Å². The number of pyridine rings is 1. The molecule has 5 heteroatoms. The summed E-state index contributed by atoms with van der Waals surface area (Å²) in [6, 6.07) is 16.0. The molecule has 0 aliphatic rings. The van der Waals surface area contributed by atoms with E-state index < -0.39 is 0 Å². The molecule has 156 valence electrons.